The quantitative estimate of drug-likeness (QED) is 0.916. The molecule has 21 heavy (non-hydrogen) atoms. The number of primary amides is 1. The Morgan fingerprint density at radius 2 is 2.05 bits per heavy atom. The van der Waals surface area contributed by atoms with Gasteiger partial charge in [0, 0.05) is 26.2 Å². The van der Waals surface area contributed by atoms with Crippen LogP contribution in [0.25, 0.3) is 0 Å². The maximum atomic E-state index is 12.7. The SMILES string of the molecule is CC(C)c1ccsc1C(=O)N1CCCN(CC(N)=O)CC1. The highest BCUT2D eigenvalue weighted by Crippen LogP contribution is 2.26. The van der Waals surface area contributed by atoms with Crippen molar-refractivity contribution in [2.75, 3.05) is 32.7 Å². The van der Waals surface area contributed by atoms with Crippen molar-refractivity contribution in [1.82, 2.24) is 9.80 Å². The zero-order valence-corrected chi connectivity index (χ0v) is 13.5. The summed E-state index contributed by atoms with van der Waals surface area (Å²) in [6.07, 6.45) is 0.876. The van der Waals surface area contributed by atoms with Crippen LogP contribution >= 0.6 is 11.3 Å². The van der Waals surface area contributed by atoms with Crippen LogP contribution in [-0.4, -0.2) is 54.3 Å². The maximum Gasteiger partial charge on any atom is 0.264 e. The van der Waals surface area contributed by atoms with Crippen LogP contribution in [0.5, 0.6) is 0 Å². The Hall–Kier alpha value is -1.40. The number of carbonyl (C=O) groups is 2. The van der Waals surface area contributed by atoms with Crippen LogP contribution in [0.1, 0.15) is 41.4 Å². The Balaban J connectivity index is 2.03. The van der Waals surface area contributed by atoms with E-state index < -0.39 is 0 Å². The number of nitrogens with zero attached hydrogens (tertiary/aromatic N) is 2. The fourth-order valence-corrected chi connectivity index (χ4v) is 3.66. The number of rotatable bonds is 4. The van der Waals surface area contributed by atoms with E-state index in [1.807, 2.05) is 21.2 Å². The normalized spacial score (nSPS) is 17.0. The van der Waals surface area contributed by atoms with Gasteiger partial charge in [0.15, 0.2) is 0 Å². The van der Waals surface area contributed by atoms with Gasteiger partial charge in [-0.15, -0.1) is 11.3 Å². The van der Waals surface area contributed by atoms with Crippen LogP contribution in [0.15, 0.2) is 11.4 Å². The van der Waals surface area contributed by atoms with Gasteiger partial charge in [-0.2, -0.15) is 0 Å². The molecule has 1 saturated heterocycles. The van der Waals surface area contributed by atoms with Gasteiger partial charge in [-0.3, -0.25) is 14.5 Å². The van der Waals surface area contributed by atoms with Gasteiger partial charge < -0.3 is 10.6 Å². The molecule has 0 atom stereocenters. The molecule has 1 fully saturated rings. The number of amides is 2. The second-order valence-electron chi connectivity index (χ2n) is 5.75. The molecule has 0 bridgehead atoms. The highest BCUT2D eigenvalue weighted by atomic mass is 32.1. The summed E-state index contributed by atoms with van der Waals surface area (Å²) in [4.78, 5) is 28.5. The molecule has 2 N–H and O–H groups in total. The standard InChI is InChI=1S/C15H23N3O2S/c1-11(2)12-4-9-21-14(12)15(20)18-6-3-5-17(7-8-18)10-13(16)19/h4,9,11H,3,5-8,10H2,1-2H3,(H2,16,19). The van der Waals surface area contributed by atoms with Crippen LogP contribution in [0.2, 0.25) is 0 Å². The van der Waals surface area contributed by atoms with E-state index in [1.165, 1.54) is 11.3 Å². The molecule has 6 heteroatoms. The number of hydrogen-bond acceptors (Lipinski definition) is 4. The lowest BCUT2D eigenvalue weighted by Crippen LogP contribution is -2.38. The molecule has 2 heterocycles. The lowest BCUT2D eigenvalue weighted by atomic mass is 10.0. The molecule has 1 aliphatic heterocycles. The first kappa shape index (κ1) is 16.0. The average Bonchev–Trinajstić information content (AvgIpc) is 2.79. The Kier molecular flexibility index (Phi) is 5.36. The van der Waals surface area contributed by atoms with Gasteiger partial charge in [0.05, 0.1) is 11.4 Å². The summed E-state index contributed by atoms with van der Waals surface area (Å²) >= 11 is 1.52. The summed E-state index contributed by atoms with van der Waals surface area (Å²) < 4.78 is 0. The molecule has 5 nitrogen and oxygen atoms in total. The minimum absolute atomic E-state index is 0.120. The molecule has 0 unspecified atom stereocenters. The maximum absolute atomic E-state index is 12.7. The van der Waals surface area contributed by atoms with E-state index in [9.17, 15) is 9.59 Å². The topological polar surface area (TPSA) is 66.6 Å². The van der Waals surface area contributed by atoms with Gasteiger partial charge in [-0.1, -0.05) is 13.8 Å². The fraction of sp³-hybridized carbons (Fsp3) is 0.600. The lowest BCUT2D eigenvalue weighted by Gasteiger charge is -2.21. The molecule has 0 saturated carbocycles. The molecule has 2 rings (SSSR count). The highest BCUT2D eigenvalue weighted by Gasteiger charge is 2.24. The van der Waals surface area contributed by atoms with Gasteiger partial charge in [0.25, 0.3) is 5.91 Å². The van der Waals surface area contributed by atoms with Crippen LogP contribution < -0.4 is 5.73 Å². The molecule has 0 radical (unpaired) electrons. The Bertz CT molecular complexity index is 513. The molecule has 1 aromatic heterocycles. The average molecular weight is 309 g/mol. The molecule has 116 valence electrons. The van der Waals surface area contributed by atoms with Crippen molar-refractivity contribution in [3.8, 4) is 0 Å². The van der Waals surface area contributed by atoms with Gasteiger partial charge >= 0.3 is 0 Å². The summed E-state index contributed by atoms with van der Waals surface area (Å²) in [6, 6.07) is 2.04. The summed E-state index contributed by atoms with van der Waals surface area (Å²) in [5, 5.41) is 1.99. The number of carbonyl (C=O) groups excluding carboxylic acids is 2. The molecular weight excluding hydrogens is 286 g/mol. The lowest BCUT2D eigenvalue weighted by molar-refractivity contribution is -0.119. The fourth-order valence-electron chi connectivity index (χ4n) is 2.64. The second-order valence-corrected chi connectivity index (χ2v) is 6.66. The van der Waals surface area contributed by atoms with E-state index in [-0.39, 0.29) is 18.4 Å². The third-order valence-corrected chi connectivity index (χ3v) is 4.69. The summed E-state index contributed by atoms with van der Waals surface area (Å²) in [6.45, 7) is 7.40. The third-order valence-electron chi connectivity index (χ3n) is 3.77. The van der Waals surface area contributed by atoms with Crippen molar-refractivity contribution in [2.45, 2.75) is 26.2 Å². The van der Waals surface area contributed by atoms with Crippen molar-refractivity contribution < 1.29 is 9.59 Å². The van der Waals surface area contributed by atoms with E-state index >= 15 is 0 Å². The van der Waals surface area contributed by atoms with Crippen molar-refractivity contribution >= 4 is 23.2 Å². The van der Waals surface area contributed by atoms with E-state index in [0.29, 0.717) is 19.0 Å². The zero-order valence-electron chi connectivity index (χ0n) is 12.7. The van der Waals surface area contributed by atoms with E-state index in [0.717, 1.165) is 30.0 Å². The number of nitrogens with two attached hydrogens (primary N) is 1. The summed E-state index contributed by atoms with van der Waals surface area (Å²) in [7, 11) is 0. The van der Waals surface area contributed by atoms with Gasteiger partial charge in [0.1, 0.15) is 0 Å². The van der Waals surface area contributed by atoms with Crippen molar-refractivity contribution in [3.63, 3.8) is 0 Å². The molecule has 1 aromatic rings. The predicted octanol–water partition coefficient (Wildman–Crippen LogP) is 1.50. The van der Waals surface area contributed by atoms with E-state index in [1.54, 1.807) is 0 Å². The van der Waals surface area contributed by atoms with Crippen LogP contribution in [0.4, 0.5) is 0 Å². The Morgan fingerprint density at radius 1 is 1.29 bits per heavy atom. The van der Waals surface area contributed by atoms with Crippen LogP contribution in [0.3, 0.4) is 0 Å². The zero-order chi connectivity index (χ0) is 15.4. The van der Waals surface area contributed by atoms with Crippen LogP contribution in [-0.2, 0) is 4.79 Å². The molecule has 0 spiro atoms. The first-order valence-electron chi connectivity index (χ1n) is 7.36. The van der Waals surface area contributed by atoms with Crippen molar-refractivity contribution in [2.24, 2.45) is 5.73 Å². The highest BCUT2D eigenvalue weighted by molar-refractivity contribution is 7.12. The second kappa shape index (κ2) is 7.04. The number of hydrogen-bond donors (Lipinski definition) is 1. The largest absolute Gasteiger partial charge is 0.369 e. The van der Waals surface area contributed by atoms with E-state index in [4.69, 9.17) is 5.73 Å². The molecule has 0 aliphatic carbocycles. The molecule has 2 amide bonds. The predicted molar refractivity (Wildman–Crippen MR) is 84.6 cm³/mol. The van der Waals surface area contributed by atoms with Gasteiger partial charge in [-0.25, -0.2) is 0 Å². The summed E-state index contributed by atoms with van der Waals surface area (Å²) in [5.74, 6) is 0.165. The van der Waals surface area contributed by atoms with Crippen molar-refractivity contribution in [1.29, 1.82) is 0 Å². The van der Waals surface area contributed by atoms with E-state index in [2.05, 4.69) is 13.8 Å². The van der Waals surface area contributed by atoms with Gasteiger partial charge in [-0.05, 0) is 29.3 Å². The molecule has 1 aliphatic rings. The number of thiophene rings is 1. The first-order valence-corrected chi connectivity index (χ1v) is 8.24. The molecule has 0 aromatic carbocycles. The Labute approximate surface area is 129 Å². The minimum atomic E-state index is -0.310. The third kappa shape index (κ3) is 4.04. The first-order chi connectivity index (χ1) is 9.99. The minimum Gasteiger partial charge on any atom is -0.369 e. The molecular formula is C15H23N3O2S. The monoisotopic (exact) mass is 309 g/mol. The van der Waals surface area contributed by atoms with Crippen molar-refractivity contribution in [3.05, 3.63) is 21.9 Å². The van der Waals surface area contributed by atoms with Crippen LogP contribution in [0, 0.1) is 0 Å². The Morgan fingerprint density at radius 3 is 2.71 bits per heavy atom. The smallest absolute Gasteiger partial charge is 0.264 e. The van der Waals surface area contributed by atoms with Gasteiger partial charge in [0.2, 0.25) is 5.91 Å². The summed E-state index contributed by atoms with van der Waals surface area (Å²) in [5.41, 5.74) is 6.37.